The van der Waals surface area contributed by atoms with Crippen molar-refractivity contribution in [3.05, 3.63) is 87.0 Å². The number of hydrogen-bond acceptors (Lipinski definition) is 4. The molecule has 1 aromatic carbocycles. The molecule has 0 amide bonds. The van der Waals surface area contributed by atoms with Crippen LogP contribution in [0, 0.1) is 0 Å². The first-order chi connectivity index (χ1) is 10.8. The van der Waals surface area contributed by atoms with Gasteiger partial charge in [0.25, 0.3) is 0 Å². The maximum absolute atomic E-state index is 11.6. The van der Waals surface area contributed by atoms with Crippen molar-refractivity contribution in [2.45, 2.75) is 6.10 Å². The molecule has 0 spiro atoms. The maximum Gasteiger partial charge on any atom is 2.00 e. The van der Waals surface area contributed by atoms with E-state index in [1.807, 2.05) is 30.3 Å². The van der Waals surface area contributed by atoms with E-state index in [2.05, 4.69) is 20.1 Å². The minimum absolute atomic E-state index is 0. The van der Waals surface area contributed by atoms with Crippen molar-refractivity contribution in [2.75, 3.05) is 13.1 Å². The van der Waals surface area contributed by atoms with Crippen LogP contribution >= 0.6 is 0 Å². The number of ether oxygens (including phenoxy) is 1. The number of nitrogens with zero attached hydrogens (tertiary/aromatic N) is 6. The normalized spacial score (nSPS) is 11.9. The SMILES string of the molecule is [Fe+2].[N-]=[N+]=NCC(CN=[N+]=[N-])OC([O-])=C1C=CC=C1.c1cc[cH-]c1. The van der Waals surface area contributed by atoms with Gasteiger partial charge in [-0.25, -0.2) is 12.1 Å². The Morgan fingerprint density at radius 2 is 1.65 bits per heavy atom. The van der Waals surface area contributed by atoms with Crippen molar-refractivity contribution >= 4 is 0 Å². The van der Waals surface area contributed by atoms with E-state index in [-0.39, 0.29) is 30.2 Å². The van der Waals surface area contributed by atoms with Crippen molar-refractivity contribution < 1.29 is 26.9 Å². The molecule has 0 N–H and O–H groups in total. The summed E-state index contributed by atoms with van der Waals surface area (Å²) in [6, 6.07) is 10.0. The van der Waals surface area contributed by atoms with E-state index in [1.165, 1.54) is 0 Å². The fourth-order valence-electron chi connectivity index (χ4n) is 1.44. The van der Waals surface area contributed by atoms with Gasteiger partial charge in [-0.05, 0) is 16.6 Å². The zero-order valence-corrected chi connectivity index (χ0v) is 13.1. The van der Waals surface area contributed by atoms with Crippen LogP contribution in [0.4, 0.5) is 0 Å². The molecular weight excluding hydrogens is 340 g/mol. The zero-order valence-electron chi connectivity index (χ0n) is 12.0. The third-order valence-corrected chi connectivity index (χ3v) is 2.42. The Labute approximate surface area is 143 Å². The standard InChI is InChI=1S/C9H10N6O2.C5H5.Fe/c10-14-12-5-8(6-13-15-11)17-9(16)7-3-1-2-4-7;1-2-4-5-3-1;/h1-4,8,16H,5-6H2;1-5H;/q;-1;+2/p-1. The van der Waals surface area contributed by atoms with Gasteiger partial charge in [-0.2, -0.15) is 18.2 Å². The molecule has 0 atom stereocenters. The summed E-state index contributed by atoms with van der Waals surface area (Å²) in [5, 5.41) is 18.1. The first kappa shape index (κ1) is 20.3. The fraction of sp³-hybridized carbons (Fsp3) is 0.214. The molecule has 0 saturated heterocycles. The van der Waals surface area contributed by atoms with E-state index in [4.69, 9.17) is 15.8 Å². The molecule has 0 aliphatic heterocycles. The average molecular weight is 354 g/mol. The molecule has 0 radical (unpaired) electrons. The number of allylic oxidation sites excluding steroid dienone is 5. The third-order valence-electron chi connectivity index (χ3n) is 2.42. The predicted octanol–water partition coefficient (Wildman–Crippen LogP) is 3.09. The van der Waals surface area contributed by atoms with E-state index >= 15 is 0 Å². The van der Waals surface area contributed by atoms with Crippen LogP contribution in [0.15, 0.2) is 76.4 Å². The molecule has 1 aromatic rings. The van der Waals surface area contributed by atoms with Gasteiger partial charge in [-0.15, -0.1) is 0 Å². The number of rotatable bonds is 6. The van der Waals surface area contributed by atoms with Gasteiger partial charge in [0.2, 0.25) is 0 Å². The molecule has 8 nitrogen and oxygen atoms in total. The quantitative estimate of drug-likeness (QED) is 0.194. The predicted molar refractivity (Wildman–Crippen MR) is 80.2 cm³/mol. The minimum atomic E-state index is -0.746. The minimum Gasteiger partial charge on any atom is -0.609 e. The van der Waals surface area contributed by atoms with Gasteiger partial charge in [-0.3, -0.25) is 0 Å². The van der Waals surface area contributed by atoms with Gasteiger partial charge < -0.3 is 9.84 Å². The van der Waals surface area contributed by atoms with E-state index in [9.17, 15) is 5.11 Å². The first-order valence-corrected chi connectivity index (χ1v) is 6.39. The summed E-state index contributed by atoms with van der Waals surface area (Å²) in [6.07, 6.45) is 5.85. The van der Waals surface area contributed by atoms with Crippen molar-refractivity contribution in [1.29, 1.82) is 0 Å². The monoisotopic (exact) mass is 354 g/mol. The van der Waals surface area contributed by atoms with Crippen LogP contribution in [0.3, 0.4) is 0 Å². The molecule has 120 valence electrons. The smallest absolute Gasteiger partial charge is 0.609 e. The maximum atomic E-state index is 11.6. The third kappa shape index (κ3) is 9.03. The summed E-state index contributed by atoms with van der Waals surface area (Å²) in [5.74, 6) is -0.540. The van der Waals surface area contributed by atoms with Crippen LogP contribution in [-0.2, 0) is 21.8 Å². The second-order valence-corrected chi connectivity index (χ2v) is 3.99. The van der Waals surface area contributed by atoms with Gasteiger partial charge in [0.05, 0.1) is 5.95 Å². The number of hydrogen-bond donors (Lipinski definition) is 0. The van der Waals surface area contributed by atoms with Gasteiger partial charge >= 0.3 is 17.1 Å². The molecule has 23 heavy (non-hydrogen) atoms. The van der Waals surface area contributed by atoms with E-state index in [0.717, 1.165) is 0 Å². The molecule has 0 saturated carbocycles. The Morgan fingerprint density at radius 1 is 1.13 bits per heavy atom. The molecule has 1 aliphatic carbocycles. The largest absolute Gasteiger partial charge is 2.00 e. The molecule has 0 unspecified atom stereocenters. The van der Waals surface area contributed by atoms with E-state index in [0.29, 0.717) is 5.57 Å². The van der Waals surface area contributed by atoms with Gasteiger partial charge in [-0.1, -0.05) is 34.5 Å². The van der Waals surface area contributed by atoms with Crippen LogP contribution in [0.25, 0.3) is 20.9 Å². The molecule has 0 heterocycles. The Morgan fingerprint density at radius 3 is 2.04 bits per heavy atom. The summed E-state index contributed by atoms with van der Waals surface area (Å²) >= 11 is 0. The second kappa shape index (κ2) is 13.0. The van der Waals surface area contributed by atoms with E-state index in [1.54, 1.807) is 24.3 Å². The van der Waals surface area contributed by atoms with Gasteiger partial charge in [0.15, 0.2) is 0 Å². The van der Waals surface area contributed by atoms with E-state index < -0.39 is 12.0 Å². The Kier molecular flexibility index (Phi) is 11.5. The summed E-state index contributed by atoms with van der Waals surface area (Å²) < 4.78 is 5.03. The summed E-state index contributed by atoms with van der Waals surface area (Å²) in [4.78, 5) is 5.11. The Balaban J connectivity index is 0.000000684. The Bertz CT molecular complexity index is 574. The first-order valence-electron chi connectivity index (χ1n) is 6.39. The van der Waals surface area contributed by atoms with Crippen LogP contribution in [-0.4, -0.2) is 19.2 Å². The van der Waals surface area contributed by atoms with Crippen LogP contribution < -0.4 is 5.11 Å². The zero-order chi connectivity index (χ0) is 16.0. The van der Waals surface area contributed by atoms with Crippen LogP contribution in [0.2, 0.25) is 0 Å². The molecule has 0 fully saturated rings. The summed E-state index contributed by atoms with van der Waals surface area (Å²) in [7, 11) is 0. The molecular formula is C14H14FeN6O2. The average Bonchev–Trinajstić information content (AvgIpc) is 3.25. The second-order valence-electron chi connectivity index (χ2n) is 3.99. The molecule has 1 aliphatic rings. The van der Waals surface area contributed by atoms with Crippen molar-refractivity contribution in [2.24, 2.45) is 10.2 Å². The van der Waals surface area contributed by atoms with Crippen LogP contribution in [0.1, 0.15) is 0 Å². The number of azide groups is 2. The molecule has 0 aromatic heterocycles. The summed E-state index contributed by atoms with van der Waals surface area (Å²) in [5.41, 5.74) is 16.7. The van der Waals surface area contributed by atoms with Crippen molar-refractivity contribution in [3.63, 3.8) is 0 Å². The summed E-state index contributed by atoms with van der Waals surface area (Å²) in [6.45, 7) is -0.135. The van der Waals surface area contributed by atoms with Gasteiger partial charge in [0.1, 0.15) is 0 Å². The van der Waals surface area contributed by atoms with Crippen LogP contribution in [0.5, 0.6) is 0 Å². The molecule has 0 bridgehead atoms. The molecule has 2 rings (SSSR count). The van der Waals surface area contributed by atoms with Crippen molar-refractivity contribution in [3.8, 4) is 0 Å². The van der Waals surface area contributed by atoms with Crippen molar-refractivity contribution in [1.82, 2.24) is 0 Å². The molecule has 9 heteroatoms. The Hall–Kier alpha value is -2.69. The van der Waals surface area contributed by atoms with Gasteiger partial charge in [0, 0.05) is 29.0 Å². The fourth-order valence-corrected chi connectivity index (χ4v) is 1.44. The topological polar surface area (TPSA) is 130 Å².